The summed E-state index contributed by atoms with van der Waals surface area (Å²) in [6, 6.07) is 0. The molecular formula is C20H28O5. The average molecular weight is 348 g/mol. The number of carbonyl (C=O) groups excluding carboxylic acids is 1. The molecule has 5 heteroatoms. The van der Waals surface area contributed by atoms with E-state index >= 15 is 0 Å². The Morgan fingerprint density at radius 3 is 2.52 bits per heavy atom. The largest absolute Gasteiger partial charge is 0.481 e. The number of carbonyl (C=O) groups is 3. The number of fused-ring (bicyclic) bond motifs is 1. The Morgan fingerprint density at radius 1 is 1.28 bits per heavy atom. The first kappa shape index (κ1) is 19.4. The highest BCUT2D eigenvalue weighted by atomic mass is 16.4. The van der Waals surface area contributed by atoms with Crippen LogP contribution in [-0.4, -0.2) is 28.4 Å². The van der Waals surface area contributed by atoms with E-state index in [-0.39, 0.29) is 23.3 Å². The highest BCUT2D eigenvalue weighted by Crippen LogP contribution is 2.62. The maximum absolute atomic E-state index is 11.9. The van der Waals surface area contributed by atoms with Gasteiger partial charge in [0.25, 0.3) is 0 Å². The molecule has 2 aliphatic carbocycles. The lowest BCUT2D eigenvalue weighted by Gasteiger charge is -2.57. The summed E-state index contributed by atoms with van der Waals surface area (Å²) < 4.78 is 0. The van der Waals surface area contributed by atoms with Gasteiger partial charge in [0.1, 0.15) is 6.29 Å². The third-order valence-electron chi connectivity index (χ3n) is 6.90. The normalized spacial score (nSPS) is 35.5. The van der Waals surface area contributed by atoms with Crippen LogP contribution in [0.2, 0.25) is 0 Å². The Morgan fingerprint density at radius 2 is 1.96 bits per heavy atom. The van der Waals surface area contributed by atoms with E-state index in [0.717, 1.165) is 25.3 Å². The summed E-state index contributed by atoms with van der Waals surface area (Å²) in [6.45, 7) is 6.35. The molecule has 2 rings (SSSR count). The molecule has 0 aromatic carbocycles. The molecule has 0 radical (unpaired) electrons. The predicted octanol–water partition coefficient (Wildman–Crippen LogP) is 3.84. The number of aldehydes is 1. The second-order valence-electron chi connectivity index (χ2n) is 8.00. The Labute approximate surface area is 148 Å². The van der Waals surface area contributed by atoms with E-state index in [9.17, 15) is 24.6 Å². The molecule has 1 fully saturated rings. The van der Waals surface area contributed by atoms with Gasteiger partial charge in [-0.3, -0.25) is 9.59 Å². The third kappa shape index (κ3) is 3.42. The monoisotopic (exact) mass is 348 g/mol. The molecule has 0 aromatic rings. The van der Waals surface area contributed by atoms with Crippen LogP contribution < -0.4 is 0 Å². The van der Waals surface area contributed by atoms with E-state index in [1.54, 1.807) is 0 Å². The molecule has 4 unspecified atom stereocenters. The predicted molar refractivity (Wildman–Crippen MR) is 94.1 cm³/mol. The molecule has 0 saturated heterocycles. The van der Waals surface area contributed by atoms with Crippen LogP contribution in [0.3, 0.4) is 0 Å². The highest BCUT2D eigenvalue weighted by Gasteiger charge is 2.56. The highest BCUT2D eigenvalue weighted by molar-refractivity contribution is 5.91. The van der Waals surface area contributed by atoms with E-state index < -0.39 is 23.3 Å². The van der Waals surface area contributed by atoms with Gasteiger partial charge in [-0.15, -0.1) is 0 Å². The van der Waals surface area contributed by atoms with Crippen molar-refractivity contribution in [3.05, 3.63) is 23.3 Å². The Bertz CT molecular complexity index is 632. The number of carboxylic acid groups (broad SMARTS) is 2. The molecule has 2 aliphatic rings. The molecule has 0 spiro atoms. The minimum atomic E-state index is -1.11. The molecule has 0 aromatic heterocycles. The topological polar surface area (TPSA) is 91.7 Å². The van der Waals surface area contributed by atoms with Crippen LogP contribution in [0.5, 0.6) is 0 Å². The maximum Gasteiger partial charge on any atom is 0.331 e. The van der Waals surface area contributed by atoms with E-state index in [1.165, 1.54) is 5.57 Å². The molecule has 0 amide bonds. The second kappa shape index (κ2) is 7.14. The van der Waals surface area contributed by atoms with E-state index in [1.807, 2.05) is 6.92 Å². The van der Waals surface area contributed by atoms with Crippen LogP contribution in [0.1, 0.15) is 59.3 Å². The van der Waals surface area contributed by atoms with Gasteiger partial charge >= 0.3 is 11.9 Å². The van der Waals surface area contributed by atoms with Crippen LogP contribution >= 0.6 is 0 Å². The molecule has 0 aliphatic heterocycles. The lowest BCUT2D eigenvalue weighted by Crippen LogP contribution is -2.52. The number of hydrogen-bond donors (Lipinski definition) is 2. The van der Waals surface area contributed by atoms with E-state index in [0.29, 0.717) is 19.1 Å². The maximum atomic E-state index is 11.9. The first-order valence-electron chi connectivity index (χ1n) is 8.94. The van der Waals surface area contributed by atoms with Gasteiger partial charge in [0, 0.05) is 5.57 Å². The lowest BCUT2D eigenvalue weighted by molar-refractivity contribution is -0.156. The Kier molecular flexibility index (Phi) is 5.55. The number of aliphatic carboxylic acids is 2. The molecule has 0 bridgehead atoms. The van der Waals surface area contributed by atoms with Crippen molar-refractivity contribution in [2.24, 2.45) is 22.7 Å². The molecule has 138 valence electrons. The Balaban J connectivity index is 2.38. The summed E-state index contributed by atoms with van der Waals surface area (Å²) in [7, 11) is 0. The third-order valence-corrected chi connectivity index (χ3v) is 6.90. The first-order chi connectivity index (χ1) is 11.7. The minimum Gasteiger partial charge on any atom is -0.481 e. The van der Waals surface area contributed by atoms with Gasteiger partial charge in [0.15, 0.2) is 0 Å². The SMILES string of the molecule is CC1=CCCC2C1(C)CCC(C(=O)O)C2(C)CCC(=CC=O)C(=O)O. The second-order valence-corrected chi connectivity index (χ2v) is 8.00. The van der Waals surface area contributed by atoms with Gasteiger partial charge in [-0.1, -0.05) is 25.5 Å². The van der Waals surface area contributed by atoms with Gasteiger partial charge in [-0.25, -0.2) is 4.79 Å². The van der Waals surface area contributed by atoms with Gasteiger partial charge in [0.2, 0.25) is 0 Å². The summed E-state index contributed by atoms with van der Waals surface area (Å²) in [5, 5.41) is 19.1. The summed E-state index contributed by atoms with van der Waals surface area (Å²) in [5.41, 5.74) is 0.846. The fourth-order valence-corrected chi connectivity index (χ4v) is 5.24. The molecular weight excluding hydrogens is 320 g/mol. The van der Waals surface area contributed by atoms with Gasteiger partial charge < -0.3 is 10.2 Å². The zero-order chi connectivity index (χ0) is 18.8. The summed E-state index contributed by atoms with van der Waals surface area (Å²) in [4.78, 5) is 34.0. The zero-order valence-electron chi connectivity index (χ0n) is 15.2. The van der Waals surface area contributed by atoms with Crippen molar-refractivity contribution in [3.63, 3.8) is 0 Å². The summed E-state index contributed by atoms with van der Waals surface area (Å²) in [5.74, 6) is -2.19. The average Bonchev–Trinajstić information content (AvgIpc) is 2.53. The number of carboxylic acids is 2. The van der Waals surface area contributed by atoms with E-state index in [2.05, 4.69) is 19.9 Å². The Hall–Kier alpha value is -1.91. The summed E-state index contributed by atoms with van der Waals surface area (Å²) in [6.07, 6.45) is 7.80. The fraction of sp³-hybridized carbons (Fsp3) is 0.650. The van der Waals surface area contributed by atoms with Gasteiger partial charge in [0.05, 0.1) is 5.92 Å². The van der Waals surface area contributed by atoms with Crippen LogP contribution in [-0.2, 0) is 14.4 Å². The molecule has 4 atom stereocenters. The number of rotatable bonds is 6. The first-order valence-corrected chi connectivity index (χ1v) is 8.94. The van der Waals surface area contributed by atoms with Crippen molar-refractivity contribution in [2.75, 3.05) is 0 Å². The van der Waals surface area contributed by atoms with Crippen molar-refractivity contribution in [3.8, 4) is 0 Å². The van der Waals surface area contributed by atoms with E-state index in [4.69, 9.17) is 0 Å². The van der Waals surface area contributed by atoms with Crippen LogP contribution in [0, 0.1) is 22.7 Å². The van der Waals surface area contributed by atoms with Crippen LogP contribution in [0.4, 0.5) is 0 Å². The van der Waals surface area contributed by atoms with Crippen LogP contribution in [0.15, 0.2) is 23.3 Å². The van der Waals surface area contributed by atoms with Crippen molar-refractivity contribution in [1.29, 1.82) is 0 Å². The smallest absolute Gasteiger partial charge is 0.331 e. The van der Waals surface area contributed by atoms with Crippen molar-refractivity contribution in [1.82, 2.24) is 0 Å². The van der Waals surface area contributed by atoms with Gasteiger partial charge in [-0.2, -0.15) is 0 Å². The quantitative estimate of drug-likeness (QED) is 0.432. The number of hydrogen-bond acceptors (Lipinski definition) is 3. The minimum absolute atomic E-state index is 0.0310. The molecule has 0 heterocycles. The van der Waals surface area contributed by atoms with Crippen molar-refractivity contribution >= 4 is 18.2 Å². The van der Waals surface area contributed by atoms with Crippen molar-refractivity contribution < 1.29 is 24.6 Å². The van der Waals surface area contributed by atoms with Crippen molar-refractivity contribution in [2.45, 2.75) is 59.3 Å². The fourth-order valence-electron chi connectivity index (χ4n) is 5.24. The van der Waals surface area contributed by atoms with Crippen LogP contribution in [0.25, 0.3) is 0 Å². The molecule has 5 nitrogen and oxygen atoms in total. The molecule has 1 saturated carbocycles. The van der Waals surface area contributed by atoms with Gasteiger partial charge in [-0.05, 0) is 68.3 Å². The number of allylic oxidation sites excluding steroid dienone is 3. The lowest BCUT2D eigenvalue weighted by atomic mass is 9.46. The molecule has 25 heavy (non-hydrogen) atoms. The standard InChI is InChI=1S/C20H28O5/c1-13-5-4-6-16-19(13,2)11-8-15(18(24)25)20(16,3)10-7-14(9-12-21)17(22)23/h5,9,12,15-16H,4,6-8,10-11H2,1-3H3,(H,22,23)(H,24,25). The molecule has 2 N–H and O–H groups in total. The zero-order valence-corrected chi connectivity index (χ0v) is 15.2. The summed E-state index contributed by atoms with van der Waals surface area (Å²) >= 11 is 0.